The van der Waals surface area contributed by atoms with Crippen LogP contribution in [0.15, 0.2) is 0 Å². The van der Waals surface area contributed by atoms with Gasteiger partial charge < -0.3 is 5.73 Å². The van der Waals surface area contributed by atoms with Crippen molar-refractivity contribution in [3.63, 3.8) is 0 Å². The van der Waals surface area contributed by atoms with Crippen LogP contribution >= 0.6 is 0 Å². The van der Waals surface area contributed by atoms with Gasteiger partial charge in [0.25, 0.3) is 0 Å². The second-order valence-corrected chi connectivity index (χ2v) is 4.23. The molecule has 1 aliphatic carbocycles. The first-order valence-corrected chi connectivity index (χ1v) is 5.49. The predicted octanol–water partition coefficient (Wildman–Crippen LogP) is 2.00. The van der Waals surface area contributed by atoms with E-state index in [1.807, 2.05) is 6.92 Å². The zero-order valence-electron chi connectivity index (χ0n) is 9.06. The van der Waals surface area contributed by atoms with Gasteiger partial charge in [-0.1, -0.05) is 6.92 Å². The highest BCUT2D eigenvalue weighted by molar-refractivity contribution is 4.85. The van der Waals surface area contributed by atoms with E-state index in [-0.39, 0.29) is 6.54 Å². The van der Waals surface area contributed by atoms with E-state index in [0.29, 0.717) is 19.0 Å². The Morgan fingerprint density at radius 2 is 2.00 bits per heavy atom. The molecule has 0 saturated heterocycles. The lowest BCUT2D eigenvalue weighted by Gasteiger charge is -2.32. The lowest BCUT2D eigenvalue weighted by Crippen LogP contribution is -2.51. The molecule has 1 rings (SSSR count). The summed E-state index contributed by atoms with van der Waals surface area (Å²) in [4.78, 5) is 1.50. The van der Waals surface area contributed by atoms with Crippen molar-refractivity contribution in [3.8, 4) is 0 Å². The van der Waals surface area contributed by atoms with Gasteiger partial charge in [0.05, 0.1) is 0 Å². The van der Waals surface area contributed by atoms with Crippen LogP contribution in [0.1, 0.15) is 26.2 Å². The first kappa shape index (κ1) is 12.8. The van der Waals surface area contributed by atoms with Gasteiger partial charge in [-0.2, -0.15) is 13.2 Å². The van der Waals surface area contributed by atoms with Crippen LogP contribution in [0.2, 0.25) is 0 Å². The van der Waals surface area contributed by atoms with Gasteiger partial charge in [-0.15, -0.1) is 0 Å². The normalized spacial score (nSPS) is 19.6. The molecule has 15 heavy (non-hydrogen) atoms. The maximum absolute atomic E-state index is 12.6. The molecule has 5 heteroatoms. The second kappa shape index (κ2) is 5.16. The first-order valence-electron chi connectivity index (χ1n) is 5.49. The van der Waals surface area contributed by atoms with Crippen LogP contribution in [-0.4, -0.2) is 36.8 Å². The minimum absolute atomic E-state index is 0.337. The fourth-order valence-electron chi connectivity index (χ4n) is 1.78. The van der Waals surface area contributed by atoms with E-state index in [4.69, 9.17) is 5.73 Å². The van der Waals surface area contributed by atoms with Gasteiger partial charge in [0, 0.05) is 13.1 Å². The van der Waals surface area contributed by atoms with E-state index in [0.717, 1.165) is 19.3 Å². The molecule has 0 amide bonds. The summed E-state index contributed by atoms with van der Waals surface area (Å²) in [6, 6.07) is -1.46. The van der Waals surface area contributed by atoms with Gasteiger partial charge in [0.1, 0.15) is 6.04 Å². The highest BCUT2D eigenvalue weighted by Gasteiger charge is 2.43. The van der Waals surface area contributed by atoms with E-state index in [1.54, 1.807) is 0 Å². The molecule has 0 aromatic rings. The number of hydrogen-bond acceptors (Lipinski definition) is 2. The summed E-state index contributed by atoms with van der Waals surface area (Å²) in [5, 5.41) is 0. The number of hydrogen-bond donors (Lipinski definition) is 1. The largest absolute Gasteiger partial charge is 0.405 e. The Morgan fingerprint density at radius 3 is 2.33 bits per heavy atom. The van der Waals surface area contributed by atoms with Crippen molar-refractivity contribution in [3.05, 3.63) is 0 Å². The first-order chi connectivity index (χ1) is 6.99. The number of nitrogens with two attached hydrogens (primary N) is 1. The van der Waals surface area contributed by atoms with Crippen molar-refractivity contribution < 1.29 is 13.2 Å². The van der Waals surface area contributed by atoms with Crippen LogP contribution in [0, 0.1) is 5.92 Å². The smallest absolute Gasteiger partial charge is 0.329 e. The average Bonchev–Trinajstić information content (AvgIpc) is 2.87. The molecular formula is C10H19F3N2. The Bertz CT molecular complexity index is 190. The Hall–Kier alpha value is -0.290. The second-order valence-electron chi connectivity index (χ2n) is 4.23. The Morgan fingerprint density at radius 1 is 1.40 bits per heavy atom. The summed E-state index contributed by atoms with van der Waals surface area (Å²) >= 11 is 0. The average molecular weight is 224 g/mol. The van der Waals surface area contributed by atoms with Crippen LogP contribution in [0.3, 0.4) is 0 Å². The summed E-state index contributed by atoms with van der Waals surface area (Å²) in [6.45, 7) is 2.59. The zero-order valence-corrected chi connectivity index (χ0v) is 9.06. The van der Waals surface area contributed by atoms with E-state index in [1.165, 1.54) is 4.90 Å². The molecule has 90 valence electrons. The van der Waals surface area contributed by atoms with Gasteiger partial charge in [-0.05, 0) is 31.7 Å². The maximum atomic E-state index is 12.6. The highest BCUT2D eigenvalue weighted by atomic mass is 19.4. The maximum Gasteiger partial charge on any atom is 0.405 e. The molecule has 1 saturated carbocycles. The molecule has 0 bridgehead atoms. The lowest BCUT2D eigenvalue weighted by atomic mass is 10.2. The molecule has 1 unspecified atom stereocenters. The zero-order chi connectivity index (χ0) is 11.5. The monoisotopic (exact) mass is 224 g/mol. The summed E-state index contributed by atoms with van der Waals surface area (Å²) in [5.41, 5.74) is 5.22. The third kappa shape index (κ3) is 3.99. The highest BCUT2D eigenvalue weighted by Crippen LogP contribution is 2.32. The van der Waals surface area contributed by atoms with Gasteiger partial charge in [0.2, 0.25) is 0 Å². The Balaban J connectivity index is 2.56. The van der Waals surface area contributed by atoms with Gasteiger partial charge in [-0.3, -0.25) is 4.90 Å². The van der Waals surface area contributed by atoms with E-state index in [2.05, 4.69) is 0 Å². The van der Waals surface area contributed by atoms with E-state index < -0.39 is 12.2 Å². The number of nitrogens with zero attached hydrogens (tertiary/aromatic N) is 1. The van der Waals surface area contributed by atoms with Crippen molar-refractivity contribution in [2.75, 3.05) is 19.6 Å². The van der Waals surface area contributed by atoms with Crippen LogP contribution < -0.4 is 5.73 Å². The molecule has 0 spiro atoms. The summed E-state index contributed by atoms with van der Waals surface area (Å²) in [7, 11) is 0. The fourth-order valence-corrected chi connectivity index (χ4v) is 1.78. The third-order valence-corrected chi connectivity index (χ3v) is 2.74. The van der Waals surface area contributed by atoms with Crippen LogP contribution in [-0.2, 0) is 0 Å². The van der Waals surface area contributed by atoms with Crippen molar-refractivity contribution in [1.82, 2.24) is 4.90 Å². The molecule has 1 atom stereocenters. The van der Waals surface area contributed by atoms with E-state index >= 15 is 0 Å². The predicted molar refractivity (Wildman–Crippen MR) is 53.5 cm³/mol. The quantitative estimate of drug-likeness (QED) is 0.747. The molecule has 0 aromatic carbocycles. The van der Waals surface area contributed by atoms with Crippen LogP contribution in [0.25, 0.3) is 0 Å². The summed E-state index contributed by atoms with van der Waals surface area (Å²) in [5.74, 6) is 0.466. The standard InChI is InChI=1S/C10H19F3N2/c1-2-5-15(7-8-3-4-8)9(6-14)10(11,12)13/h8-9H,2-7,14H2,1H3. The molecule has 0 heterocycles. The fraction of sp³-hybridized carbons (Fsp3) is 1.00. The molecule has 2 N–H and O–H groups in total. The Kier molecular flexibility index (Phi) is 4.40. The topological polar surface area (TPSA) is 29.3 Å². The van der Waals surface area contributed by atoms with Crippen molar-refractivity contribution in [1.29, 1.82) is 0 Å². The van der Waals surface area contributed by atoms with E-state index in [9.17, 15) is 13.2 Å². The summed E-state index contributed by atoms with van der Waals surface area (Å²) < 4.78 is 37.9. The number of rotatable bonds is 6. The molecule has 0 aliphatic heterocycles. The van der Waals surface area contributed by atoms with Crippen molar-refractivity contribution in [2.45, 2.75) is 38.4 Å². The number of halogens is 3. The van der Waals surface area contributed by atoms with Gasteiger partial charge in [-0.25, -0.2) is 0 Å². The summed E-state index contributed by atoms with van der Waals surface area (Å²) in [6.07, 6.45) is -1.33. The minimum Gasteiger partial charge on any atom is -0.329 e. The van der Waals surface area contributed by atoms with Gasteiger partial charge in [0.15, 0.2) is 0 Å². The molecular weight excluding hydrogens is 205 g/mol. The molecule has 0 radical (unpaired) electrons. The minimum atomic E-state index is -4.20. The molecule has 2 nitrogen and oxygen atoms in total. The van der Waals surface area contributed by atoms with Crippen LogP contribution in [0.4, 0.5) is 13.2 Å². The van der Waals surface area contributed by atoms with Crippen molar-refractivity contribution >= 4 is 0 Å². The Labute approximate surface area is 88.6 Å². The molecule has 1 aliphatic rings. The van der Waals surface area contributed by atoms with Gasteiger partial charge >= 0.3 is 6.18 Å². The van der Waals surface area contributed by atoms with Crippen LogP contribution in [0.5, 0.6) is 0 Å². The number of alkyl halides is 3. The molecule has 0 aromatic heterocycles. The van der Waals surface area contributed by atoms with Crippen molar-refractivity contribution in [2.24, 2.45) is 11.7 Å². The lowest BCUT2D eigenvalue weighted by molar-refractivity contribution is -0.181. The molecule has 1 fully saturated rings. The third-order valence-electron chi connectivity index (χ3n) is 2.74. The SMILES string of the molecule is CCCN(CC1CC1)C(CN)C(F)(F)F.